The molecule has 3 aromatic rings. The van der Waals surface area contributed by atoms with Gasteiger partial charge in [-0.2, -0.15) is 5.10 Å². The van der Waals surface area contributed by atoms with Crippen molar-refractivity contribution in [1.29, 1.82) is 0 Å². The van der Waals surface area contributed by atoms with Crippen LogP contribution in [0.15, 0.2) is 78.0 Å². The van der Waals surface area contributed by atoms with E-state index in [0.29, 0.717) is 12.5 Å². The molecule has 0 spiro atoms. The van der Waals surface area contributed by atoms with Crippen LogP contribution in [0, 0.1) is 0 Å². The highest BCUT2D eigenvalue weighted by Crippen LogP contribution is 2.09. The lowest BCUT2D eigenvalue weighted by Gasteiger charge is -2.06. The van der Waals surface area contributed by atoms with Crippen LogP contribution in [0.2, 0.25) is 0 Å². The van der Waals surface area contributed by atoms with Gasteiger partial charge in [0.05, 0.1) is 5.69 Å². The van der Waals surface area contributed by atoms with Crippen LogP contribution in [0.25, 0.3) is 5.69 Å². The van der Waals surface area contributed by atoms with E-state index >= 15 is 0 Å². The van der Waals surface area contributed by atoms with Gasteiger partial charge in [-0.3, -0.25) is 4.99 Å². The van der Waals surface area contributed by atoms with Gasteiger partial charge >= 0.3 is 0 Å². The molecule has 116 valence electrons. The molecule has 2 aromatic carbocycles. The van der Waals surface area contributed by atoms with Gasteiger partial charge < -0.3 is 11.1 Å². The predicted octanol–water partition coefficient (Wildman–Crippen LogP) is 2.84. The third kappa shape index (κ3) is 4.20. The van der Waals surface area contributed by atoms with Crippen LogP contribution in [0.1, 0.15) is 5.56 Å². The summed E-state index contributed by atoms with van der Waals surface area (Å²) in [7, 11) is 0. The van der Waals surface area contributed by atoms with E-state index in [-0.39, 0.29) is 0 Å². The lowest BCUT2D eigenvalue weighted by Crippen LogP contribution is -2.23. The first-order chi connectivity index (χ1) is 11.3. The van der Waals surface area contributed by atoms with E-state index in [4.69, 9.17) is 5.73 Å². The number of anilines is 1. The fourth-order valence-corrected chi connectivity index (χ4v) is 2.25. The second-order valence-corrected chi connectivity index (χ2v) is 5.13. The van der Waals surface area contributed by atoms with Gasteiger partial charge in [0, 0.05) is 24.6 Å². The van der Waals surface area contributed by atoms with Crippen molar-refractivity contribution in [3.8, 4) is 5.69 Å². The number of benzene rings is 2. The third-order valence-electron chi connectivity index (χ3n) is 3.43. The zero-order valence-corrected chi connectivity index (χ0v) is 12.8. The number of hydrogen-bond donors (Lipinski definition) is 2. The molecule has 23 heavy (non-hydrogen) atoms. The number of nitrogens with zero attached hydrogens (tertiary/aromatic N) is 3. The zero-order valence-electron chi connectivity index (χ0n) is 12.8. The van der Waals surface area contributed by atoms with E-state index in [2.05, 4.69) is 39.7 Å². The van der Waals surface area contributed by atoms with Gasteiger partial charge in [0.2, 0.25) is 0 Å². The molecule has 0 radical (unpaired) electrons. The first-order valence-corrected chi connectivity index (χ1v) is 7.52. The molecule has 0 unspecified atom stereocenters. The topological polar surface area (TPSA) is 68.2 Å². The highest BCUT2D eigenvalue weighted by atomic mass is 15.3. The average Bonchev–Trinajstić information content (AvgIpc) is 3.11. The van der Waals surface area contributed by atoms with Gasteiger partial charge in [-0.05, 0) is 42.3 Å². The van der Waals surface area contributed by atoms with Crippen molar-refractivity contribution in [2.24, 2.45) is 10.7 Å². The first-order valence-electron chi connectivity index (χ1n) is 7.52. The maximum absolute atomic E-state index is 5.89. The van der Waals surface area contributed by atoms with E-state index in [1.807, 2.05) is 47.3 Å². The summed E-state index contributed by atoms with van der Waals surface area (Å²) in [6.45, 7) is 0.646. The summed E-state index contributed by atoms with van der Waals surface area (Å²) in [5.41, 5.74) is 9.10. The number of guanidine groups is 1. The fraction of sp³-hybridized carbons (Fsp3) is 0.111. The summed E-state index contributed by atoms with van der Waals surface area (Å²) >= 11 is 0. The van der Waals surface area contributed by atoms with Gasteiger partial charge in [0.25, 0.3) is 0 Å². The Balaban J connectivity index is 1.53. The maximum atomic E-state index is 5.89. The van der Waals surface area contributed by atoms with Gasteiger partial charge in [-0.15, -0.1) is 0 Å². The predicted molar refractivity (Wildman–Crippen MR) is 93.8 cm³/mol. The van der Waals surface area contributed by atoms with Crippen molar-refractivity contribution in [2.75, 3.05) is 11.9 Å². The molecule has 1 heterocycles. The Morgan fingerprint density at radius 2 is 1.83 bits per heavy atom. The molecule has 5 nitrogen and oxygen atoms in total. The Kier molecular flexibility index (Phi) is 4.69. The molecule has 0 bridgehead atoms. The monoisotopic (exact) mass is 305 g/mol. The summed E-state index contributed by atoms with van der Waals surface area (Å²) in [6.07, 6.45) is 4.54. The Labute approximate surface area is 135 Å². The molecule has 0 saturated heterocycles. The molecule has 3 N–H and O–H groups in total. The van der Waals surface area contributed by atoms with Gasteiger partial charge in [-0.1, -0.05) is 30.3 Å². The first kappa shape index (κ1) is 14.8. The summed E-state index contributed by atoms with van der Waals surface area (Å²) in [4.78, 5) is 4.35. The van der Waals surface area contributed by atoms with Crippen LogP contribution in [-0.4, -0.2) is 22.3 Å². The number of para-hydroxylation sites is 1. The quantitative estimate of drug-likeness (QED) is 0.562. The van der Waals surface area contributed by atoms with Crippen molar-refractivity contribution < 1.29 is 0 Å². The largest absolute Gasteiger partial charge is 0.370 e. The Bertz CT molecular complexity index is 746. The minimum atomic E-state index is 0.435. The number of aliphatic imine (C=N–C) groups is 1. The molecule has 0 aliphatic rings. The molecule has 5 heteroatoms. The molecule has 0 aliphatic carbocycles. The van der Waals surface area contributed by atoms with Gasteiger partial charge in [0.15, 0.2) is 5.96 Å². The molecule has 0 atom stereocenters. The lowest BCUT2D eigenvalue weighted by molar-refractivity contribution is 0.877. The Hall–Kier alpha value is -3.08. The number of aromatic nitrogens is 2. The highest BCUT2D eigenvalue weighted by Gasteiger charge is 1.98. The molecule has 3 rings (SSSR count). The smallest absolute Gasteiger partial charge is 0.193 e. The van der Waals surface area contributed by atoms with Crippen LogP contribution in [-0.2, 0) is 6.42 Å². The summed E-state index contributed by atoms with van der Waals surface area (Å²) in [5, 5.41) is 7.28. The van der Waals surface area contributed by atoms with E-state index < -0.39 is 0 Å². The fourth-order valence-electron chi connectivity index (χ4n) is 2.25. The van der Waals surface area contributed by atoms with Gasteiger partial charge in [-0.25, -0.2) is 4.68 Å². The summed E-state index contributed by atoms with van der Waals surface area (Å²) < 4.78 is 1.84. The second kappa shape index (κ2) is 7.26. The minimum absolute atomic E-state index is 0.435. The van der Waals surface area contributed by atoms with E-state index in [1.54, 1.807) is 6.20 Å². The average molecular weight is 305 g/mol. The number of nitrogens with one attached hydrogen (secondary N) is 1. The number of nitrogens with two attached hydrogens (primary N) is 1. The normalized spacial score (nSPS) is 11.4. The van der Waals surface area contributed by atoms with Crippen LogP contribution in [0.4, 0.5) is 5.69 Å². The molecule has 0 amide bonds. The van der Waals surface area contributed by atoms with E-state index in [9.17, 15) is 0 Å². The van der Waals surface area contributed by atoms with Crippen LogP contribution < -0.4 is 11.1 Å². The molecule has 0 saturated carbocycles. The number of hydrogen-bond acceptors (Lipinski definition) is 2. The Morgan fingerprint density at radius 3 is 2.52 bits per heavy atom. The molecule has 1 aromatic heterocycles. The molecule has 0 aliphatic heterocycles. The zero-order chi connectivity index (χ0) is 15.9. The lowest BCUT2D eigenvalue weighted by atomic mass is 10.1. The SMILES string of the molecule is NC(=NCCc1ccc(-n2cccn2)cc1)Nc1ccccc1. The van der Waals surface area contributed by atoms with E-state index in [0.717, 1.165) is 17.8 Å². The minimum Gasteiger partial charge on any atom is -0.370 e. The highest BCUT2D eigenvalue weighted by molar-refractivity contribution is 5.92. The molecule has 0 fully saturated rings. The summed E-state index contributed by atoms with van der Waals surface area (Å²) in [6, 6.07) is 20.0. The Morgan fingerprint density at radius 1 is 1.04 bits per heavy atom. The third-order valence-corrected chi connectivity index (χ3v) is 3.43. The maximum Gasteiger partial charge on any atom is 0.193 e. The van der Waals surface area contributed by atoms with E-state index in [1.165, 1.54) is 5.56 Å². The van der Waals surface area contributed by atoms with Crippen molar-refractivity contribution in [1.82, 2.24) is 9.78 Å². The standard InChI is InChI=1S/C18H19N5/c19-18(22-16-5-2-1-3-6-16)20-13-11-15-7-9-17(10-8-15)23-14-4-12-21-23/h1-10,12,14H,11,13H2,(H3,19,20,22). The van der Waals surface area contributed by atoms with Crippen molar-refractivity contribution in [3.05, 3.63) is 78.6 Å². The van der Waals surface area contributed by atoms with Crippen LogP contribution in [0.5, 0.6) is 0 Å². The van der Waals surface area contributed by atoms with Crippen LogP contribution >= 0.6 is 0 Å². The second-order valence-electron chi connectivity index (χ2n) is 5.13. The van der Waals surface area contributed by atoms with Crippen molar-refractivity contribution >= 4 is 11.6 Å². The summed E-state index contributed by atoms with van der Waals surface area (Å²) in [5.74, 6) is 0.435. The van der Waals surface area contributed by atoms with Gasteiger partial charge in [0.1, 0.15) is 0 Å². The molecular formula is C18H19N5. The molecular weight excluding hydrogens is 286 g/mol. The van der Waals surface area contributed by atoms with Crippen molar-refractivity contribution in [3.63, 3.8) is 0 Å². The van der Waals surface area contributed by atoms with Crippen LogP contribution in [0.3, 0.4) is 0 Å². The number of rotatable bonds is 5. The van der Waals surface area contributed by atoms with Crippen molar-refractivity contribution in [2.45, 2.75) is 6.42 Å².